The molecule has 2 atom stereocenters. The van der Waals surface area contributed by atoms with Crippen molar-refractivity contribution >= 4 is 18.3 Å². The fourth-order valence-corrected chi connectivity index (χ4v) is 1.63. The number of ether oxygens (including phenoxy) is 2. The molecule has 0 aliphatic heterocycles. The summed E-state index contributed by atoms with van der Waals surface area (Å²) in [5.41, 5.74) is 5.61. The summed E-state index contributed by atoms with van der Waals surface area (Å²) < 4.78 is 10.6. The average Bonchev–Trinajstić information content (AvgIpc) is 2.34. The molecule has 0 aliphatic carbocycles. The topological polar surface area (TPSA) is 85.0 Å². The minimum Gasteiger partial charge on any atom is -0.389 e. The fraction of sp³-hybridized carbons (Fsp3) is 0.933. The summed E-state index contributed by atoms with van der Waals surface area (Å²) in [7, 11) is 1.64. The SMILES string of the molecule is CC(C)OCCOCC(O)CN(C)C(=O)[C@@H](N)C(C)(C)C.Cl. The summed E-state index contributed by atoms with van der Waals surface area (Å²) in [4.78, 5) is 13.6. The molecule has 22 heavy (non-hydrogen) atoms. The number of carbonyl (C=O) groups is 1. The first-order valence-electron chi connectivity index (χ1n) is 7.43. The zero-order chi connectivity index (χ0) is 16.6. The standard InChI is InChI=1S/C15H32N2O4.ClH/c1-11(2)21-8-7-20-10-12(18)9-17(6)14(19)13(16)15(3,4)5;/h11-13,18H,7-10,16H2,1-6H3;1H/t12?,13-;/m1./s1. The van der Waals surface area contributed by atoms with Gasteiger partial charge in [-0.3, -0.25) is 4.79 Å². The molecule has 0 rings (SSSR count). The van der Waals surface area contributed by atoms with Gasteiger partial charge in [-0.05, 0) is 19.3 Å². The smallest absolute Gasteiger partial charge is 0.239 e. The Bertz CT molecular complexity index is 308. The molecule has 0 saturated heterocycles. The van der Waals surface area contributed by atoms with Crippen LogP contribution in [0.15, 0.2) is 0 Å². The van der Waals surface area contributed by atoms with Gasteiger partial charge in [0.2, 0.25) is 5.91 Å². The van der Waals surface area contributed by atoms with Crippen LogP contribution in [0.5, 0.6) is 0 Å². The third kappa shape index (κ3) is 10.3. The van der Waals surface area contributed by atoms with Crippen LogP contribution in [-0.2, 0) is 14.3 Å². The molecule has 0 aromatic heterocycles. The number of amides is 1. The van der Waals surface area contributed by atoms with Gasteiger partial charge < -0.3 is 25.2 Å². The average molecular weight is 341 g/mol. The number of aliphatic hydroxyl groups excluding tert-OH is 1. The first-order valence-corrected chi connectivity index (χ1v) is 7.43. The Morgan fingerprint density at radius 1 is 1.27 bits per heavy atom. The number of hydrogen-bond donors (Lipinski definition) is 2. The zero-order valence-electron chi connectivity index (χ0n) is 14.7. The van der Waals surface area contributed by atoms with Gasteiger partial charge in [-0.1, -0.05) is 20.8 Å². The van der Waals surface area contributed by atoms with Gasteiger partial charge in [0.05, 0.1) is 38.1 Å². The number of carbonyl (C=O) groups excluding carboxylic acids is 1. The van der Waals surface area contributed by atoms with Crippen molar-refractivity contribution in [2.45, 2.75) is 52.9 Å². The van der Waals surface area contributed by atoms with Gasteiger partial charge in [0.15, 0.2) is 0 Å². The molecule has 0 heterocycles. The Morgan fingerprint density at radius 2 is 1.82 bits per heavy atom. The molecule has 0 aliphatic rings. The van der Waals surface area contributed by atoms with Gasteiger partial charge >= 0.3 is 0 Å². The molecule has 7 heteroatoms. The van der Waals surface area contributed by atoms with Crippen LogP contribution in [0, 0.1) is 5.41 Å². The van der Waals surface area contributed by atoms with Crippen LogP contribution >= 0.6 is 12.4 Å². The van der Waals surface area contributed by atoms with Crippen molar-refractivity contribution in [1.29, 1.82) is 0 Å². The second kappa shape index (κ2) is 11.2. The van der Waals surface area contributed by atoms with Gasteiger partial charge in [-0.2, -0.15) is 0 Å². The van der Waals surface area contributed by atoms with E-state index in [0.29, 0.717) is 13.2 Å². The molecule has 0 spiro atoms. The number of likely N-dealkylation sites (N-methyl/N-ethyl adjacent to an activating group) is 1. The van der Waals surface area contributed by atoms with E-state index < -0.39 is 12.1 Å². The van der Waals surface area contributed by atoms with Crippen molar-refractivity contribution in [2.75, 3.05) is 33.4 Å². The van der Waals surface area contributed by atoms with E-state index in [0.717, 1.165) is 0 Å². The van der Waals surface area contributed by atoms with E-state index in [4.69, 9.17) is 15.2 Å². The molecule has 0 bridgehead atoms. The summed E-state index contributed by atoms with van der Waals surface area (Å²) in [5.74, 6) is -0.176. The Balaban J connectivity index is 0. The van der Waals surface area contributed by atoms with Crippen molar-refractivity contribution < 1.29 is 19.4 Å². The molecule has 134 valence electrons. The fourth-order valence-electron chi connectivity index (χ4n) is 1.63. The normalized spacial score (nSPS) is 14.4. The quantitative estimate of drug-likeness (QED) is 0.613. The number of hydrogen-bond acceptors (Lipinski definition) is 5. The van der Waals surface area contributed by atoms with Crippen LogP contribution in [-0.4, -0.2) is 67.6 Å². The number of aliphatic hydroxyl groups is 1. The maximum atomic E-state index is 12.1. The van der Waals surface area contributed by atoms with E-state index >= 15 is 0 Å². The number of nitrogens with two attached hydrogens (primary N) is 1. The molecular formula is C15H33ClN2O4. The largest absolute Gasteiger partial charge is 0.389 e. The van der Waals surface area contributed by atoms with Crippen molar-refractivity contribution in [3.05, 3.63) is 0 Å². The summed E-state index contributed by atoms with van der Waals surface area (Å²) >= 11 is 0. The Kier molecular flexibility index (Phi) is 12.1. The van der Waals surface area contributed by atoms with Crippen molar-refractivity contribution in [3.8, 4) is 0 Å². The van der Waals surface area contributed by atoms with E-state index in [9.17, 15) is 9.90 Å². The van der Waals surface area contributed by atoms with Gasteiger partial charge in [0, 0.05) is 13.6 Å². The Hall–Kier alpha value is -0.400. The molecule has 3 N–H and O–H groups in total. The highest BCUT2D eigenvalue weighted by atomic mass is 35.5. The monoisotopic (exact) mass is 340 g/mol. The first-order chi connectivity index (χ1) is 9.55. The van der Waals surface area contributed by atoms with Crippen LogP contribution in [0.4, 0.5) is 0 Å². The first kappa shape index (κ1) is 23.9. The minimum atomic E-state index is -0.731. The summed E-state index contributed by atoms with van der Waals surface area (Å²) in [6.45, 7) is 10.9. The zero-order valence-corrected chi connectivity index (χ0v) is 15.5. The van der Waals surface area contributed by atoms with E-state index in [2.05, 4.69) is 0 Å². The molecule has 0 aromatic rings. The molecule has 0 aromatic carbocycles. The highest BCUT2D eigenvalue weighted by Crippen LogP contribution is 2.18. The summed E-state index contributed by atoms with van der Waals surface area (Å²) in [5, 5.41) is 9.86. The predicted molar refractivity (Wildman–Crippen MR) is 90.2 cm³/mol. The van der Waals surface area contributed by atoms with Crippen LogP contribution in [0.1, 0.15) is 34.6 Å². The number of nitrogens with zero attached hydrogens (tertiary/aromatic N) is 1. The van der Waals surface area contributed by atoms with Crippen LogP contribution < -0.4 is 5.73 Å². The molecule has 0 fully saturated rings. The van der Waals surface area contributed by atoms with Crippen LogP contribution in [0.25, 0.3) is 0 Å². The number of rotatable bonds is 9. The third-order valence-electron chi connectivity index (χ3n) is 3.05. The Labute approximate surface area is 140 Å². The Morgan fingerprint density at radius 3 is 2.27 bits per heavy atom. The van der Waals surface area contributed by atoms with E-state index in [1.807, 2.05) is 34.6 Å². The van der Waals surface area contributed by atoms with Crippen LogP contribution in [0.2, 0.25) is 0 Å². The predicted octanol–water partition coefficient (Wildman–Crippen LogP) is 1.04. The maximum Gasteiger partial charge on any atom is 0.239 e. The molecular weight excluding hydrogens is 308 g/mol. The summed E-state index contributed by atoms with van der Waals surface area (Å²) in [6, 6.07) is -0.588. The third-order valence-corrected chi connectivity index (χ3v) is 3.05. The molecule has 0 saturated carbocycles. The lowest BCUT2D eigenvalue weighted by atomic mass is 9.86. The lowest BCUT2D eigenvalue weighted by molar-refractivity contribution is -0.135. The highest BCUT2D eigenvalue weighted by molar-refractivity contribution is 5.85. The van der Waals surface area contributed by atoms with Crippen molar-refractivity contribution in [1.82, 2.24) is 4.90 Å². The second-order valence-corrected chi connectivity index (χ2v) is 6.71. The maximum absolute atomic E-state index is 12.1. The lowest BCUT2D eigenvalue weighted by Gasteiger charge is -2.30. The van der Waals surface area contributed by atoms with Crippen molar-refractivity contribution in [2.24, 2.45) is 11.1 Å². The van der Waals surface area contributed by atoms with Crippen molar-refractivity contribution in [3.63, 3.8) is 0 Å². The highest BCUT2D eigenvalue weighted by Gasteiger charge is 2.30. The number of halogens is 1. The van der Waals surface area contributed by atoms with Gasteiger partial charge in [0.1, 0.15) is 0 Å². The molecule has 1 unspecified atom stereocenters. The molecule has 6 nitrogen and oxygen atoms in total. The minimum absolute atomic E-state index is 0. The van der Waals surface area contributed by atoms with Gasteiger partial charge in [-0.15, -0.1) is 12.4 Å². The lowest BCUT2D eigenvalue weighted by Crippen LogP contribution is -2.51. The summed E-state index contributed by atoms with van der Waals surface area (Å²) in [6.07, 6.45) is -0.564. The molecule has 1 amide bonds. The van der Waals surface area contributed by atoms with Crippen LogP contribution in [0.3, 0.4) is 0 Å². The van der Waals surface area contributed by atoms with Gasteiger partial charge in [0.25, 0.3) is 0 Å². The van der Waals surface area contributed by atoms with E-state index in [1.165, 1.54) is 4.90 Å². The van der Waals surface area contributed by atoms with E-state index in [-0.39, 0.29) is 43.0 Å². The molecule has 0 radical (unpaired) electrons. The van der Waals surface area contributed by atoms with E-state index in [1.54, 1.807) is 7.05 Å². The van der Waals surface area contributed by atoms with Gasteiger partial charge in [-0.25, -0.2) is 0 Å². The second-order valence-electron chi connectivity index (χ2n) is 6.71.